The smallest absolute Gasteiger partial charge is 0.282 e. The standard InChI is InChI=1S/C23H23N3O3/c1-16-14-21(27)25-18-10-5-6-11-19(18)26(16)22(28)15-24-23(20-12-7-13-29-20)17-8-3-2-4-9-17/h2-13,16,23-24H,14-15H2,1H3,(H,25,27)/p+1/t16-,23-/m0/s1. The lowest BCUT2D eigenvalue weighted by molar-refractivity contribution is -0.678. The van der Waals surface area contributed by atoms with E-state index in [1.807, 2.05) is 79.0 Å². The Morgan fingerprint density at radius 2 is 1.90 bits per heavy atom. The Labute approximate surface area is 169 Å². The Kier molecular flexibility index (Phi) is 5.44. The summed E-state index contributed by atoms with van der Waals surface area (Å²) in [6, 6.07) is 20.8. The van der Waals surface area contributed by atoms with Crippen molar-refractivity contribution in [3.63, 3.8) is 0 Å². The molecular weight excluding hydrogens is 366 g/mol. The first-order valence-corrected chi connectivity index (χ1v) is 9.76. The minimum atomic E-state index is -0.224. The van der Waals surface area contributed by atoms with Crippen LogP contribution < -0.4 is 15.5 Å². The maximum Gasteiger partial charge on any atom is 0.282 e. The van der Waals surface area contributed by atoms with Gasteiger partial charge in [-0.25, -0.2) is 0 Å². The molecule has 1 aliphatic rings. The van der Waals surface area contributed by atoms with Gasteiger partial charge in [-0.15, -0.1) is 0 Å². The number of hydrogen-bond acceptors (Lipinski definition) is 3. The molecule has 148 valence electrons. The van der Waals surface area contributed by atoms with Gasteiger partial charge in [-0.2, -0.15) is 0 Å². The highest BCUT2D eigenvalue weighted by Gasteiger charge is 2.31. The lowest BCUT2D eigenvalue weighted by Gasteiger charge is -2.27. The number of quaternary nitrogens is 1. The molecule has 2 heterocycles. The van der Waals surface area contributed by atoms with Gasteiger partial charge in [0.25, 0.3) is 5.91 Å². The van der Waals surface area contributed by atoms with Crippen LogP contribution in [-0.2, 0) is 9.59 Å². The van der Waals surface area contributed by atoms with Crippen molar-refractivity contribution >= 4 is 23.2 Å². The average molecular weight is 390 g/mol. The van der Waals surface area contributed by atoms with E-state index in [9.17, 15) is 9.59 Å². The summed E-state index contributed by atoms with van der Waals surface area (Å²) in [5.74, 6) is 0.668. The van der Waals surface area contributed by atoms with Crippen LogP contribution >= 0.6 is 0 Å². The zero-order valence-corrected chi connectivity index (χ0v) is 16.2. The summed E-state index contributed by atoms with van der Waals surface area (Å²) in [7, 11) is 0. The second kappa shape index (κ2) is 8.32. The third-order valence-electron chi connectivity index (χ3n) is 5.16. The second-order valence-electron chi connectivity index (χ2n) is 7.23. The Morgan fingerprint density at radius 1 is 1.14 bits per heavy atom. The number of nitrogens with zero attached hydrogens (tertiary/aromatic N) is 1. The van der Waals surface area contributed by atoms with Crippen LogP contribution in [-0.4, -0.2) is 24.4 Å². The van der Waals surface area contributed by atoms with Crippen LogP contribution in [0.1, 0.15) is 30.7 Å². The topological polar surface area (TPSA) is 79.2 Å². The molecule has 1 aliphatic heterocycles. The first kappa shape index (κ1) is 19.0. The molecule has 6 nitrogen and oxygen atoms in total. The van der Waals surface area contributed by atoms with E-state index >= 15 is 0 Å². The number of hydrogen-bond donors (Lipinski definition) is 2. The number of fused-ring (bicyclic) bond motifs is 1. The first-order chi connectivity index (χ1) is 14.1. The average Bonchev–Trinajstić information content (AvgIpc) is 3.20. The van der Waals surface area contributed by atoms with E-state index in [2.05, 4.69) is 5.32 Å². The fourth-order valence-corrected chi connectivity index (χ4v) is 3.83. The third-order valence-corrected chi connectivity index (χ3v) is 5.16. The Morgan fingerprint density at radius 3 is 2.66 bits per heavy atom. The highest BCUT2D eigenvalue weighted by atomic mass is 16.3. The molecule has 0 radical (unpaired) electrons. The van der Waals surface area contributed by atoms with E-state index in [0.717, 1.165) is 17.0 Å². The number of carbonyl (C=O) groups excluding carboxylic acids is 2. The number of para-hydroxylation sites is 2. The van der Waals surface area contributed by atoms with Crippen LogP contribution in [0.5, 0.6) is 0 Å². The summed E-state index contributed by atoms with van der Waals surface area (Å²) in [6.07, 6.45) is 1.91. The van der Waals surface area contributed by atoms with Crippen LogP contribution in [0.4, 0.5) is 11.4 Å². The van der Waals surface area contributed by atoms with Gasteiger partial charge in [0, 0.05) is 18.0 Å². The molecule has 0 bridgehead atoms. The monoisotopic (exact) mass is 390 g/mol. The predicted octanol–water partition coefficient (Wildman–Crippen LogP) is 2.70. The van der Waals surface area contributed by atoms with Crippen LogP contribution in [0.25, 0.3) is 0 Å². The van der Waals surface area contributed by atoms with Gasteiger partial charge in [-0.05, 0) is 31.2 Å². The zero-order valence-electron chi connectivity index (χ0n) is 16.2. The van der Waals surface area contributed by atoms with Gasteiger partial charge in [0.15, 0.2) is 18.3 Å². The Hall–Kier alpha value is -3.38. The van der Waals surface area contributed by atoms with Crippen molar-refractivity contribution in [3.05, 3.63) is 84.3 Å². The van der Waals surface area contributed by atoms with Crippen LogP contribution in [0, 0.1) is 0 Å². The molecule has 2 aromatic carbocycles. The van der Waals surface area contributed by atoms with Gasteiger partial charge in [-0.3, -0.25) is 9.59 Å². The molecule has 6 heteroatoms. The van der Waals surface area contributed by atoms with Crippen LogP contribution in [0.3, 0.4) is 0 Å². The third kappa shape index (κ3) is 4.07. The van der Waals surface area contributed by atoms with E-state index in [0.29, 0.717) is 5.69 Å². The van der Waals surface area contributed by atoms with Gasteiger partial charge in [0.05, 0.1) is 17.6 Å². The molecule has 2 atom stereocenters. The number of amides is 2. The predicted molar refractivity (Wildman–Crippen MR) is 110 cm³/mol. The molecule has 0 saturated carbocycles. The number of furan rings is 1. The molecule has 0 aliphatic carbocycles. The normalized spacial score (nSPS) is 17.2. The van der Waals surface area contributed by atoms with E-state index in [1.54, 1.807) is 11.2 Å². The SMILES string of the molecule is C[C@H]1CC(=O)Nc2ccccc2N1C(=O)C[NH2+][C@@H](c1ccccc1)c1ccco1. The lowest BCUT2D eigenvalue weighted by Crippen LogP contribution is -2.88. The minimum absolute atomic E-state index is 0.0473. The number of rotatable bonds is 5. The maximum absolute atomic E-state index is 13.3. The largest absolute Gasteiger partial charge is 0.463 e. The molecule has 0 saturated heterocycles. The van der Waals surface area contributed by atoms with Gasteiger partial charge < -0.3 is 20.0 Å². The van der Waals surface area contributed by atoms with E-state index in [-0.39, 0.29) is 36.9 Å². The van der Waals surface area contributed by atoms with Gasteiger partial charge in [0.1, 0.15) is 0 Å². The quantitative estimate of drug-likeness (QED) is 0.703. The number of nitrogens with one attached hydrogen (secondary N) is 1. The number of nitrogens with two attached hydrogens (primary N) is 1. The van der Waals surface area contributed by atoms with Crippen molar-refractivity contribution in [2.24, 2.45) is 0 Å². The molecule has 4 rings (SSSR count). The molecule has 2 amide bonds. The van der Waals surface area contributed by atoms with Crippen molar-refractivity contribution in [2.75, 3.05) is 16.8 Å². The molecule has 3 N–H and O–H groups in total. The highest BCUT2D eigenvalue weighted by molar-refractivity contribution is 6.04. The van der Waals surface area contributed by atoms with E-state index < -0.39 is 0 Å². The molecule has 3 aromatic rings. The minimum Gasteiger partial charge on any atom is -0.463 e. The summed E-state index contributed by atoms with van der Waals surface area (Å²) in [5.41, 5.74) is 2.47. The maximum atomic E-state index is 13.3. The van der Waals surface area contributed by atoms with Crippen LogP contribution in [0.15, 0.2) is 77.4 Å². The van der Waals surface area contributed by atoms with E-state index in [4.69, 9.17) is 4.42 Å². The van der Waals surface area contributed by atoms with Crippen LogP contribution in [0.2, 0.25) is 0 Å². The zero-order chi connectivity index (χ0) is 20.2. The first-order valence-electron chi connectivity index (χ1n) is 9.76. The van der Waals surface area contributed by atoms with Gasteiger partial charge in [0.2, 0.25) is 5.91 Å². The molecule has 0 fully saturated rings. The number of carbonyl (C=O) groups is 2. The van der Waals surface area contributed by atoms with Crippen molar-refractivity contribution in [2.45, 2.75) is 25.4 Å². The summed E-state index contributed by atoms with van der Waals surface area (Å²) < 4.78 is 5.63. The highest BCUT2D eigenvalue weighted by Crippen LogP contribution is 2.31. The van der Waals surface area contributed by atoms with Crippen molar-refractivity contribution in [3.8, 4) is 0 Å². The summed E-state index contributed by atoms with van der Waals surface area (Å²) in [6.45, 7) is 2.13. The molecule has 0 spiro atoms. The summed E-state index contributed by atoms with van der Waals surface area (Å²) >= 11 is 0. The van der Waals surface area contributed by atoms with E-state index in [1.165, 1.54) is 0 Å². The summed E-state index contributed by atoms with van der Waals surface area (Å²) in [4.78, 5) is 27.2. The fraction of sp³-hybridized carbons (Fsp3) is 0.217. The molecule has 29 heavy (non-hydrogen) atoms. The van der Waals surface area contributed by atoms with Crippen molar-refractivity contribution < 1.29 is 19.3 Å². The molecular formula is C23H24N3O3+. The van der Waals surface area contributed by atoms with Gasteiger partial charge in [-0.1, -0.05) is 42.5 Å². The van der Waals surface area contributed by atoms with Gasteiger partial charge >= 0.3 is 0 Å². The van der Waals surface area contributed by atoms with Crippen molar-refractivity contribution in [1.82, 2.24) is 0 Å². The Balaban J connectivity index is 1.57. The number of benzene rings is 2. The fourth-order valence-electron chi connectivity index (χ4n) is 3.83. The molecule has 0 unspecified atom stereocenters. The second-order valence-corrected chi connectivity index (χ2v) is 7.23. The lowest BCUT2D eigenvalue weighted by atomic mass is 10.0. The number of anilines is 2. The Bertz CT molecular complexity index is 986. The van der Waals surface area contributed by atoms with Crippen molar-refractivity contribution in [1.29, 1.82) is 0 Å². The molecule has 1 aromatic heterocycles. The summed E-state index contributed by atoms with van der Waals surface area (Å²) in [5, 5.41) is 4.87.